The summed E-state index contributed by atoms with van der Waals surface area (Å²) in [6, 6.07) is 17.1. The Morgan fingerprint density at radius 2 is 1.83 bits per heavy atom. The Morgan fingerprint density at radius 1 is 1.06 bits per heavy atom. The van der Waals surface area contributed by atoms with Gasteiger partial charge in [-0.25, -0.2) is 14.4 Å². The second-order valence-electron chi connectivity index (χ2n) is 14.3. The molecule has 9 nitrogen and oxygen atoms in total. The number of anilines is 1. The lowest BCUT2D eigenvalue weighted by atomic mass is 9.61. The van der Waals surface area contributed by atoms with Crippen molar-refractivity contribution in [2.24, 2.45) is 5.41 Å². The summed E-state index contributed by atoms with van der Waals surface area (Å²) in [5.74, 6) is 2.67. The molecule has 53 heavy (non-hydrogen) atoms. The van der Waals surface area contributed by atoms with Crippen LogP contribution < -0.4 is 14.4 Å². The van der Waals surface area contributed by atoms with Crippen molar-refractivity contribution in [3.63, 3.8) is 0 Å². The standard InChI is InChI=1S/C40H47FN6O3S.C2H6/c1-5-47(27(2)3)39(48)31-19-29(41)11-12-34(31)50-36-22-42-26-44-38(36)46-24-40(25-46)20-30(21-40)49-35-13-16-43-32-14-17-45(23-28-9-7-6-8-10-28)33(37(32)35)15-18-51-4;1-2/h6-13,16,19,22,26-27,30,33H,5,14-15,17-18,20-21,23-25H2,1-4H3;1-2H3. The Balaban J connectivity index is 0.00000236. The molecule has 7 rings (SSSR count). The third-order valence-electron chi connectivity index (χ3n) is 10.5. The highest BCUT2D eigenvalue weighted by atomic mass is 32.2. The van der Waals surface area contributed by atoms with Crippen molar-refractivity contribution in [2.75, 3.05) is 43.1 Å². The molecule has 282 valence electrons. The Morgan fingerprint density at radius 3 is 2.55 bits per heavy atom. The van der Waals surface area contributed by atoms with E-state index in [0.29, 0.717) is 18.1 Å². The third kappa shape index (κ3) is 8.46. The van der Waals surface area contributed by atoms with E-state index in [1.807, 2.05) is 52.6 Å². The predicted octanol–water partition coefficient (Wildman–Crippen LogP) is 8.60. The fourth-order valence-corrected chi connectivity index (χ4v) is 8.50. The zero-order valence-electron chi connectivity index (χ0n) is 31.9. The molecule has 1 amide bonds. The topological polar surface area (TPSA) is 83.9 Å². The largest absolute Gasteiger partial charge is 0.490 e. The zero-order valence-corrected chi connectivity index (χ0v) is 32.7. The summed E-state index contributed by atoms with van der Waals surface area (Å²) in [5, 5.41) is 0. The minimum atomic E-state index is -0.492. The minimum absolute atomic E-state index is 0.0401. The second kappa shape index (κ2) is 17.3. The van der Waals surface area contributed by atoms with E-state index in [9.17, 15) is 9.18 Å². The number of aromatic nitrogens is 3. The van der Waals surface area contributed by atoms with E-state index in [1.54, 1.807) is 11.1 Å². The van der Waals surface area contributed by atoms with Crippen LogP contribution in [-0.4, -0.2) is 81.0 Å². The molecule has 2 fully saturated rings. The molecular weight excluding hydrogens is 688 g/mol. The lowest BCUT2D eigenvalue weighted by Crippen LogP contribution is -2.65. The fourth-order valence-electron chi connectivity index (χ4n) is 8.04. The van der Waals surface area contributed by atoms with Crippen LogP contribution in [0.3, 0.4) is 0 Å². The lowest BCUT2D eigenvalue weighted by Gasteiger charge is -2.59. The lowest BCUT2D eigenvalue weighted by molar-refractivity contribution is -0.0357. The number of benzene rings is 2. The van der Waals surface area contributed by atoms with Crippen molar-refractivity contribution in [3.05, 3.63) is 102 Å². The summed E-state index contributed by atoms with van der Waals surface area (Å²) >= 11 is 1.89. The Hall–Kier alpha value is -4.22. The molecule has 1 atom stereocenters. The molecule has 2 aromatic carbocycles. The Bertz CT molecular complexity index is 1830. The van der Waals surface area contributed by atoms with Gasteiger partial charge >= 0.3 is 0 Å². The molecule has 1 saturated heterocycles. The number of carbonyl (C=O) groups is 1. The first-order valence-corrected chi connectivity index (χ1v) is 20.4. The molecule has 0 radical (unpaired) electrons. The van der Waals surface area contributed by atoms with E-state index in [-0.39, 0.29) is 40.8 Å². The van der Waals surface area contributed by atoms with Gasteiger partial charge in [0.2, 0.25) is 0 Å². The van der Waals surface area contributed by atoms with Crippen LogP contribution in [0.5, 0.6) is 17.2 Å². The highest BCUT2D eigenvalue weighted by Crippen LogP contribution is 2.52. The first-order valence-electron chi connectivity index (χ1n) is 19.0. The van der Waals surface area contributed by atoms with Crippen LogP contribution in [-0.2, 0) is 13.0 Å². The van der Waals surface area contributed by atoms with Gasteiger partial charge in [0, 0.05) is 68.4 Å². The quantitative estimate of drug-likeness (QED) is 0.134. The van der Waals surface area contributed by atoms with Crippen LogP contribution >= 0.6 is 11.8 Å². The van der Waals surface area contributed by atoms with Gasteiger partial charge in [0.15, 0.2) is 11.6 Å². The van der Waals surface area contributed by atoms with Crippen molar-refractivity contribution >= 4 is 23.5 Å². The van der Waals surface area contributed by atoms with Gasteiger partial charge in [0.1, 0.15) is 29.7 Å². The summed E-state index contributed by atoms with van der Waals surface area (Å²) in [4.78, 5) is 33.5. The maximum atomic E-state index is 14.4. The average molecular weight is 741 g/mol. The highest BCUT2D eigenvalue weighted by Gasteiger charge is 2.54. The van der Waals surface area contributed by atoms with Crippen molar-refractivity contribution in [2.45, 2.75) is 85.0 Å². The number of nitrogens with zero attached hydrogens (tertiary/aromatic N) is 6. The van der Waals surface area contributed by atoms with Gasteiger partial charge in [-0.15, -0.1) is 0 Å². The molecular formula is C42H53FN6O3S. The number of hydrogen-bond acceptors (Lipinski definition) is 9. The van der Waals surface area contributed by atoms with Gasteiger partial charge in [-0.2, -0.15) is 11.8 Å². The van der Waals surface area contributed by atoms with Crippen molar-refractivity contribution in [1.82, 2.24) is 24.8 Å². The number of fused-ring (bicyclic) bond motifs is 1. The van der Waals surface area contributed by atoms with Gasteiger partial charge < -0.3 is 19.3 Å². The van der Waals surface area contributed by atoms with Crippen LogP contribution in [0, 0.1) is 11.2 Å². The van der Waals surface area contributed by atoms with Crippen LogP contribution in [0.2, 0.25) is 0 Å². The molecule has 2 aliphatic heterocycles. The van der Waals surface area contributed by atoms with E-state index >= 15 is 0 Å². The Labute approximate surface area is 318 Å². The SMILES string of the molecule is CC.CCN(C(=O)c1cc(F)ccc1Oc1cncnc1N1CC2(CC(Oc3ccnc4c3C(CCSC)N(Cc3ccccc3)CC4)C2)C1)C(C)C. The number of amides is 1. The van der Waals surface area contributed by atoms with Gasteiger partial charge in [0.25, 0.3) is 5.91 Å². The van der Waals surface area contributed by atoms with Gasteiger partial charge in [-0.3, -0.25) is 14.7 Å². The zero-order chi connectivity index (χ0) is 37.5. The molecule has 2 aromatic heterocycles. The number of thioether (sulfide) groups is 1. The van der Waals surface area contributed by atoms with E-state index in [1.165, 1.54) is 41.3 Å². The van der Waals surface area contributed by atoms with Crippen LogP contribution in [0.4, 0.5) is 10.2 Å². The number of pyridine rings is 1. The fraction of sp³-hybridized carbons (Fsp3) is 0.476. The van der Waals surface area contributed by atoms with Crippen molar-refractivity contribution in [1.29, 1.82) is 0 Å². The van der Waals surface area contributed by atoms with Crippen molar-refractivity contribution < 1.29 is 18.7 Å². The number of hydrogen-bond donors (Lipinski definition) is 0. The molecule has 1 spiro atoms. The summed E-state index contributed by atoms with van der Waals surface area (Å²) < 4.78 is 27.5. The molecule has 0 N–H and O–H groups in total. The summed E-state index contributed by atoms with van der Waals surface area (Å²) in [6.07, 6.45) is 11.2. The molecule has 1 saturated carbocycles. The number of carbonyl (C=O) groups excluding carboxylic acids is 1. The summed E-state index contributed by atoms with van der Waals surface area (Å²) in [6.45, 7) is 13.8. The van der Waals surface area contributed by atoms with E-state index in [0.717, 1.165) is 63.4 Å². The maximum Gasteiger partial charge on any atom is 0.257 e. The van der Waals surface area contributed by atoms with Crippen molar-refractivity contribution in [3.8, 4) is 17.2 Å². The van der Waals surface area contributed by atoms with Crippen LogP contribution in [0.25, 0.3) is 0 Å². The number of ether oxygens (including phenoxy) is 2. The number of halogens is 1. The average Bonchev–Trinajstić information content (AvgIpc) is 3.14. The van der Waals surface area contributed by atoms with E-state index in [2.05, 4.69) is 62.4 Å². The molecule has 1 unspecified atom stereocenters. The predicted molar refractivity (Wildman–Crippen MR) is 211 cm³/mol. The highest BCUT2D eigenvalue weighted by molar-refractivity contribution is 7.98. The molecule has 3 aliphatic rings. The monoisotopic (exact) mass is 740 g/mol. The molecule has 4 heterocycles. The first kappa shape index (κ1) is 38.5. The van der Waals surface area contributed by atoms with Crippen LogP contribution in [0.15, 0.2) is 73.3 Å². The van der Waals surface area contributed by atoms with E-state index < -0.39 is 5.82 Å². The third-order valence-corrected chi connectivity index (χ3v) is 11.2. The minimum Gasteiger partial charge on any atom is -0.490 e. The molecule has 4 aromatic rings. The molecule has 1 aliphatic carbocycles. The molecule has 11 heteroatoms. The summed E-state index contributed by atoms with van der Waals surface area (Å²) in [7, 11) is 0. The van der Waals surface area contributed by atoms with Gasteiger partial charge in [-0.05, 0) is 81.9 Å². The normalized spacial score (nSPS) is 17.7. The van der Waals surface area contributed by atoms with E-state index in [4.69, 9.17) is 14.5 Å². The van der Waals surface area contributed by atoms with Gasteiger partial charge in [0.05, 0.1) is 17.5 Å². The smallest absolute Gasteiger partial charge is 0.257 e. The second-order valence-corrected chi connectivity index (χ2v) is 15.3. The molecule has 0 bridgehead atoms. The maximum absolute atomic E-state index is 14.4. The van der Waals surface area contributed by atoms with Crippen LogP contribution in [0.1, 0.15) is 87.1 Å². The first-order chi connectivity index (χ1) is 25.8. The number of rotatable bonds is 13. The van der Waals surface area contributed by atoms with Gasteiger partial charge in [-0.1, -0.05) is 44.2 Å². The Kier molecular flexibility index (Phi) is 12.6. The summed E-state index contributed by atoms with van der Waals surface area (Å²) in [5.41, 5.74) is 4.09.